The van der Waals surface area contributed by atoms with Gasteiger partial charge in [0.05, 0.1) is 12.1 Å². The van der Waals surface area contributed by atoms with Crippen LogP contribution in [0.25, 0.3) is 0 Å². The van der Waals surface area contributed by atoms with E-state index in [0.29, 0.717) is 17.5 Å². The zero-order chi connectivity index (χ0) is 30.0. The van der Waals surface area contributed by atoms with E-state index in [2.05, 4.69) is 16.0 Å². The van der Waals surface area contributed by atoms with Crippen LogP contribution < -0.4 is 21.7 Å². The van der Waals surface area contributed by atoms with Crippen molar-refractivity contribution in [3.05, 3.63) is 59.7 Å². The van der Waals surface area contributed by atoms with Crippen molar-refractivity contribution in [2.24, 2.45) is 11.7 Å². The molecule has 0 saturated carbocycles. The van der Waals surface area contributed by atoms with Gasteiger partial charge in [-0.25, -0.2) is 4.79 Å². The number of aliphatic hydroxyl groups is 1. The molecular formula is C28H38N4O8. The molecule has 40 heavy (non-hydrogen) atoms. The van der Waals surface area contributed by atoms with Gasteiger partial charge in [-0.1, -0.05) is 44.5 Å². The van der Waals surface area contributed by atoms with Crippen molar-refractivity contribution in [1.82, 2.24) is 16.0 Å². The number of phenols is 2. The molecule has 0 aromatic heterocycles. The van der Waals surface area contributed by atoms with Gasteiger partial charge in [0, 0.05) is 12.8 Å². The SMILES string of the molecule is CCC(C)C(N)C(=O)NC(Cc1ccc(O)cc1)C(=O)NC(C(=O)NC(Cc1ccc(O)cc1)C(=O)O)C(C)O. The minimum Gasteiger partial charge on any atom is -0.508 e. The van der Waals surface area contributed by atoms with E-state index in [4.69, 9.17) is 5.73 Å². The van der Waals surface area contributed by atoms with Crippen LogP contribution in [0.15, 0.2) is 48.5 Å². The van der Waals surface area contributed by atoms with Crippen LogP contribution in [0, 0.1) is 5.92 Å². The predicted molar refractivity (Wildman–Crippen MR) is 146 cm³/mol. The maximum atomic E-state index is 13.3. The molecule has 0 spiro atoms. The van der Waals surface area contributed by atoms with Crippen molar-refractivity contribution in [3.63, 3.8) is 0 Å². The Balaban J connectivity index is 2.22. The van der Waals surface area contributed by atoms with Crippen LogP contribution >= 0.6 is 0 Å². The van der Waals surface area contributed by atoms with Gasteiger partial charge in [-0.05, 0) is 48.2 Å². The fourth-order valence-electron chi connectivity index (χ4n) is 3.85. The molecule has 0 aliphatic heterocycles. The molecule has 0 aliphatic rings. The molecule has 0 saturated heterocycles. The minimum absolute atomic E-state index is 0.00407. The number of carboxylic acid groups (broad SMARTS) is 1. The quantitative estimate of drug-likeness (QED) is 0.159. The number of hydrogen-bond donors (Lipinski definition) is 8. The first-order valence-electron chi connectivity index (χ1n) is 13.0. The van der Waals surface area contributed by atoms with E-state index >= 15 is 0 Å². The van der Waals surface area contributed by atoms with Gasteiger partial charge >= 0.3 is 5.97 Å². The summed E-state index contributed by atoms with van der Waals surface area (Å²) in [6, 6.07) is 6.71. The van der Waals surface area contributed by atoms with E-state index < -0.39 is 54.0 Å². The van der Waals surface area contributed by atoms with Gasteiger partial charge < -0.3 is 42.1 Å². The third-order valence-electron chi connectivity index (χ3n) is 6.62. The number of aromatic hydroxyl groups is 2. The Morgan fingerprint density at radius 1 is 0.750 bits per heavy atom. The van der Waals surface area contributed by atoms with Crippen LogP contribution in [0.4, 0.5) is 0 Å². The molecule has 0 aliphatic carbocycles. The molecule has 3 amide bonds. The van der Waals surface area contributed by atoms with Gasteiger partial charge in [0.2, 0.25) is 17.7 Å². The summed E-state index contributed by atoms with van der Waals surface area (Å²) in [4.78, 5) is 51.0. The van der Waals surface area contributed by atoms with Crippen LogP contribution in [0.2, 0.25) is 0 Å². The third kappa shape index (κ3) is 9.54. The molecular weight excluding hydrogens is 520 g/mol. The van der Waals surface area contributed by atoms with Crippen molar-refractivity contribution in [1.29, 1.82) is 0 Å². The summed E-state index contributed by atoms with van der Waals surface area (Å²) in [7, 11) is 0. The summed E-state index contributed by atoms with van der Waals surface area (Å²) in [5, 5.41) is 46.3. The number of phenolic OH excluding ortho intramolecular Hbond substituents is 2. The minimum atomic E-state index is -1.54. The molecule has 6 unspecified atom stereocenters. The Hall–Kier alpha value is -4.16. The summed E-state index contributed by atoms with van der Waals surface area (Å²) in [6.45, 7) is 4.92. The molecule has 2 aromatic carbocycles. The van der Waals surface area contributed by atoms with Crippen LogP contribution in [0.1, 0.15) is 38.3 Å². The van der Waals surface area contributed by atoms with Gasteiger partial charge in [0.15, 0.2) is 0 Å². The van der Waals surface area contributed by atoms with Crippen molar-refractivity contribution in [2.75, 3.05) is 0 Å². The van der Waals surface area contributed by atoms with E-state index in [1.165, 1.54) is 43.3 Å². The average molecular weight is 559 g/mol. The number of nitrogens with one attached hydrogen (secondary N) is 3. The zero-order valence-corrected chi connectivity index (χ0v) is 22.7. The number of aliphatic carboxylic acids is 1. The third-order valence-corrected chi connectivity index (χ3v) is 6.62. The number of rotatable bonds is 14. The summed E-state index contributed by atoms with van der Waals surface area (Å²) >= 11 is 0. The molecule has 12 heteroatoms. The smallest absolute Gasteiger partial charge is 0.326 e. The van der Waals surface area contributed by atoms with Crippen molar-refractivity contribution >= 4 is 23.7 Å². The van der Waals surface area contributed by atoms with E-state index in [-0.39, 0.29) is 30.3 Å². The molecule has 0 fully saturated rings. The lowest BCUT2D eigenvalue weighted by molar-refractivity contribution is -0.143. The van der Waals surface area contributed by atoms with Gasteiger partial charge in [-0.3, -0.25) is 14.4 Å². The van der Waals surface area contributed by atoms with Crippen LogP contribution in [-0.2, 0) is 32.0 Å². The molecule has 0 heterocycles. The van der Waals surface area contributed by atoms with Crippen LogP contribution in [-0.4, -0.2) is 74.4 Å². The Bertz CT molecular complexity index is 1150. The lowest BCUT2D eigenvalue weighted by atomic mass is 9.98. The van der Waals surface area contributed by atoms with Crippen LogP contribution in [0.5, 0.6) is 11.5 Å². The second-order valence-electron chi connectivity index (χ2n) is 9.84. The van der Waals surface area contributed by atoms with Gasteiger partial charge in [-0.2, -0.15) is 0 Å². The zero-order valence-electron chi connectivity index (χ0n) is 22.7. The number of carbonyl (C=O) groups excluding carboxylic acids is 3. The van der Waals surface area contributed by atoms with Crippen molar-refractivity contribution < 1.29 is 39.6 Å². The highest BCUT2D eigenvalue weighted by molar-refractivity contribution is 5.94. The van der Waals surface area contributed by atoms with E-state index in [9.17, 15) is 39.6 Å². The second-order valence-corrected chi connectivity index (χ2v) is 9.84. The monoisotopic (exact) mass is 558 g/mol. The standard InChI is InChI=1S/C28H38N4O8/c1-4-15(2)23(29)26(37)30-21(13-17-5-9-19(34)10-6-17)25(36)32-24(16(3)33)27(38)31-22(28(39)40)14-18-7-11-20(35)12-8-18/h5-12,15-16,21-24,33-35H,4,13-14,29H2,1-3H3,(H,30,37)(H,31,38)(H,32,36)(H,39,40). The van der Waals surface area contributed by atoms with Crippen LogP contribution in [0.3, 0.4) is 0 Å². The highest BCUT2D eigenvalue weighted by atomic mass is 16.4. The molecule has 218 valence electrons. The first kappa shape index (κ1) is 32.1. The number of carbonyl (C=O) groups is 4. The number of benzene rings is 2. The highest BCUT2D eigenvalue weighted by Crippen LogP contribution is 2.14. The number of carboxylic acids is 1. The first-order chi connectivity index (χ1) is 18.8. The summed E-state index contributed by atoms with van der Waals surface area (Å²) < 4.78 is 0. The highest BCUT2D eigenvalue weighted by Gasteiger charge is 2.33. The predicted octanol–water partition coefficient (Wildman–Crippen LogP) is 0.176. The Labute approximate surface area is 232 Å². The fourth-order valence-corrected chi connectivity index (χ4v) is 3.85. The molecule has 0 radical (unpaired) electrons. The average Bonchev–Trinajstić information content (AvgIpc) is 2.91. The fraction of sp³-hybridized carbons (Fsp3) is 0.429. The largest absolute Gasteiger partial charge is 0.508 e. The maximum absolute atomic E-state index is 13.3. The van der Waals surface area contributed by atoms with Crippen molar-refractivity contribution in [2.45, 2.75) is 70.3 Å². The van der Waals surface area contributed by atoms with Crippen molar-refractivity contribution in [3.8, 4) is 11.5 Å². The number of hydrogen-bond acceptors (Lipinski definition) is 8. The summed E-state index contributed by atoms with van der Waals surface area (Å²) in [5.41, 5.74) is 7.15. The Kier molecular flexibility index (Phi) is 11.9. The molecule has 2 rings (SSSR count). The Morgan fingerprint density at radius 2 is 1.20 bits per heavy atom. The second kappa shape index (κ2) is 14.8. The molecule has 6 atom stereocenters. The molecule has 2 aromatic rings. The normalized spacial score (nSPS) is 15.5. The maximum Gasteiger partial charge on any atom is 0.326 e. The van der Waals surface area contributed by atoms with E-state index in [1.54, 1.807) is 19.1 Å². The lowest BCUT2D eigenvalue weighted by Gasteiger charge is -2.27. The molecule has 12 nitrogen and oxygen atoms in total. The topological polar surface area (TPSA) is 211 Å². The van der Waals surface area contributed by atoms with Gasteiger partial charge in [0.1, 0.15) is 29.6 Å². The van der Waals surface area contributed by atoms with Gasteiger partial charge in [0.25, 0.3) is 0 Å². The molecule has 9 N–H and O–H groups in total. The van der Waals surface area contributed by atoms with Gasteiger partial charge in [-0.15, -0.1) is 0 Å². The number of amides is 3. The first-order valence-corrected chi connectivity index (χ1v) is 13.0. The molecule has 0 bridgehead atoms. The summed E-state index contributed by atoms with van der Waals surface area (Å²) in [6.07, 6.45) is -0.922. The Morgan fingerprint density at radius 3 is 1.62 bits per heavy atom. The number of nitrogens with two attached hydrogens (primary N) is 1. The summed E-state index contributed by atoms with van der Waals surface area (Å²) in [5.74, 6) is -3.83. The number of aliphatic hydroxyl groups excluding tert-OH is 1. The van der Waals surface area contributed by atoms with E-state index in [1.807, 2.05) is 6.92 Å². The van der Waals surface area contributed by atoms with E-state index in [0.717, 1.165) is 0 Å². The lowest BCUT2D eigenvalue weighted by Crippen LogP contribution is -2.60.